The largest absolute Gasteiger partial charge is 0.545 e. The molecule has 122 valence electrons. The fourth-order valence-electron chi connectivity index (χ4n) is 2.92. The first-order valence-corrected chi connectivity index (χ1v) is 8.04. The second-order valence-corrected chi connectivity index (χ2v) is 6.14. The predicted molar refractivity (Wildman–Crippen MR) is 98.3 cm³/mol. The van der Waals surface area contributed by atoms with Crippen LogP contribution in [0.1, 0.15) is 10.4 Å². The SMILES string of the molecule is O=C([O-])c1ccc2c(c1)cc(Nc1ccc(Cl)cc1)c1ccncc12. The number of nitrogens with zero attached hydrogens (tertiary/aromatic N) is 1. The number of pyridine rings is 1. The standard InChI is InChI=1S/C20H13ClN2O2/c21-14-2-4-15(5-3-14)23-19-10-13-9-12(20(24)25)1-6-16(13)18-11-22-8-7-17(18)19/h1-11,23H,(H,24,25)/p-1. The van der Waals surface area contributed by atoms with Crippen LogP contribution >= 0.6 is 11.6 Å². The number of carbonyl (C=O) groups excluding carboxylic acids is 1. The van der Waals surface area contributed by atoms with Gasteiger partial charge in [-0.05, 0) is 58.8 Å². The maximum absolute atomic E-state index is 11.2. The highest BCUT2D eigenvalue weighted by Crippen LogP contribution is 2.33. The minimum atomic E-state index is -1.19. The average molecular weight is 348 g/mol. The Balaban J connectivity index is 1.94. The van der Waals surface area contributed by atoms with Crippen molar-refractivity contribution in [2.24, 2.45) is 0 Å². The summed E-state index contributed by atoms with van der Waals surface area (Å²) in [7, 11) is 0. The molecule has 25 heavy (non-hydrogen) atoms. The Morgan fingerprint density at radius 3 is 2.52 bits per heavy atom. The van der Waals surface area contributed by atoms with Gasteiger partial charge in [-0.15, -0.1) is 0 Å². The van der Waals surface area contributed by atoms with Crippen LogP contribution in [0, 0.1) is 0 Å². The summed E-state index contributed by atoms with van der Waals surface area (Å²) in [5, 5.41) is 18.9. The molecule has 0 saturated carbocycles. The topological polar surface area (TPSA) is 65.0 Å². The molecule has 4 aromatic rings. The highest BCUT2D eigenvalue weighted by atomic mass is 35.5. The molecule has 1 aromatic heterocycles. The zero-order valence-corrected chi connectivity index (χ0v) is 13.7. The number of hydrogen-bond donors (Lipinski definition) is 1. The van der Waals surface area contributed by atoms with Crippen LogP contribution in [0.4, 0.5) is 11.4 Å². The predicted octanol–water partition coefficient (Wildman–Crippen LogP) is 4.15. The van der Waals surface area contributed by atoms with E-state index in [-0.39, 0.29) is 5.56 Å². The van der Waals surface area contributed by atoms with Crippen LogP contribution in [0.2, 0.25) is 5.02 Å². The van der Waals surface area contributed by atoms with Crippen LogP contribution in [0.3, 0.4) is 0 Å². The lowest BCUT2D eigenvalue weighted by atomic mass is 10.00. The monoisotopic (exact) mass is 347 g/mol. The molecular formula is C20H12ClN2O2-. The van der Waals surface area contributed by atoms with E-state index in [0.717, 1.165) is 32.9 Å². The van der Waals surface area contributed by atoms with Gasteiger partial charge in [0.1, 0.15) is 0 Å². The fourth-order valence-corrected chi connectivity index (χ4v) is 3.05. The number of aromatic carboxylic acids is 1. The number of carboxylic acid groups (broad SMARTS) is 1. The molecule has 1 N–H and O–H groups in total. The van der Waals surface area contributed by atoms with E-state index in [0.29, 0.717) is 5.02 Å². The van der Waals surface area contributed by atoms with Crippen molar-refractivity contribution in [3.8, 4) is 0 Å². The van der Waals surface area contributed by atoms with E-state index in [1.165, 1.54) is 0 Å². The van der Waals surface area contributed by atoms with Crippen molar-refractivity contribution < 1.29 is 9.90 Å². The number of hydrogen-bond acceptors (Lipinski definition) is 4. The highest BCUT2D eigenvalue weighted by Gasteiger charge is 2.08. The van der Waals surface area contributed by atoms with Gasteiger partial charge in [-0.1, -0.05) is 23.7 Å². The molecule has 4 rings (SSSR count). The summed E-state index contributed by atoms with van der Waals surface area (Å²) in [4.78, 5) is 15.4. The quantitative estimate of drug-likeness (QED) is 0.565. The van der Waals surface area contributed by atoms with Gasteiger partial charge >= 0.3 is 0 Å². The molecule has 0 saturated heterocycles. The van der Waals surface area contributed by atoms with Gasteiger partial charge in [-0.25, -0.2) is 0 Å². The van der Waals surface area contributed by atoms with Gasteiger partial charge in [0.05, 0.1) is 5.97 Å². The number of aromatic nitrogens is 1. The first-order chi connectivity index (χ1) is 12.1. The fraction of sp³-hybridized carbons (Fsp3) is 0. The summed E-state index contributed by atoms with van der Waals surface area (Å²) < 4.78 is 0. The molecule has 5 heteroatoms. The number of carbonyl (C=O) groups is 1. The molecule has 0 spiro atoms. The summed E-state index contributed by atoms with van der Waals surface area (Å²) in [5.74, 6) is -1.19. The van der Waals surface area contributed by atoms with Crippen LogP contribution in [0.25, 0.3) is 21.5 Å². The number of anilines is 2. The van der Waals surface area contributed by atoms with E-state index in [2.05, 4.69) is 10.3 Å². The first-order valence-electron chi connectivity index (χ1n) is 7.66. The normalized spacial score (nSPS) is 10.9. The Morgan fingerprint density at radius 1 is 0.960 bits per heavy atom. The van der Waals surface area contributed by atoms with Gasteiger partial charge < -0.3 is 15.2 Å². The molecule has 3 aromatic carbocycles. The Bertz CT molecular complexity index is 1110. The van der Waals surface area contributed by atoms with Gasteiger partial charge in [0.15, 0.2) is 0 Å². The zero-order chi connectivity index (χ0) is 17.4. The Kier molecular flexibility index (Phi) is 3.75. The summed E-state index contributed by atoms with van der Waals surface area (Å²) >= 11 is 5.94. The van der Waals surface area contributed by atoms with Crippen LogP contribution in [-0.2, 0) is 0 Å². The van der Waals surface area contributed by atoms with Crippen molar-refractivity contribution in [2.75, 3.05) is 5.32 Å². The lowest BCUT2D eigenvalue weighted by Gasteiger charge is -2.13. The van der Waals surface area contributed by atoms with E-state index in [9.17, 15) is 9.90 Å². The van der Waals surface area contributed by atoms with E-state index in [1.54, 1.807) is 30.6 Å². The van der Waals surface area contributed by atoms with Gasteiger partial charge in [0.2, 0.25) is 0 Å². The zero-order valence-electron chi connectivity index (χ0n) is 13.0. The van der Waals surface area contributed by atoms with E-state index < -0.39 is 5.97 Å². The summed E-state index contributed by atoms with van der Waals surface area (Å²) in [6.45, 7) is 0. The van der Waals surface area contributed by atoms with Gasteiger partial charge in [-0.2, -0.15) is 0 Å². The van der Waals surface area contributed by atoms with Crippen molar-refractivity contribution in [2.45, 2.75) is 0 Å². The minimum absolute atomic E-state index is 0.146. The third-order valence-electron chi connectivity index (χ3n) is 4.11. The number of nitrogens with one attached hydrogen (secondary N) is 1. The van der Waals surface area contributed by atoms with Crippen molar-refractivity contribution in [1.82, 2.24) is 4.98 Å². The molecule has 0 aliphatic heterocycles. The number of halogens is 1. The van der Waals surface area contributed by atoms with Crippen LogP contribution in [-0.4, -0.2) is 11.0 Å². The third kappa shape index (κ3) is 2.88. The van der Waals surface area contributed by atoms with Crippen LogP contribution in [0.15, 0.2) is 67.0 Å². The van der Waals surface area contributed by atoms with Crippen molar-refractivity contribution in [3.63, 3.8) is 0 Å². The number of fused-ring (bicyclic) bond motifs is 3. The Hall–Kier alpha value is -3.11. The average Bonchev–Trinajstić information content (AvgIpc) is 2.63. The molecule has 0 unspecified atom stereocenters. The number of rotatable bonds is 3. The van der Waals surface area contributed by atoms with Gasteiger partial charge in [0, 0.05) is 39.6 Å². The number of benzene rings is 3. The lowest BCUT2D eigenvalue weighted by Crippen LogP contribution is -2.21. The molecule has 1 heterocycles. The van der Waals surface area contributed by atoms with Crippen molar-refractivity contribution in [1.29, 1.82) is 0 Å². The maximum Gasteiger partial charge on any atom is 0.0715 e. The van der Waals surface area contributed by atoms with Crippen molar-refractivity contribution in [3.05, 3.63) is 77.6 Å². The molecule has 0 fully saturated rings. The van der Waals surface area contributed by atoms with Gasteiger partial charge in [-0.3, -0.25) is 4.98 Å². The molecule has 0 radical (unpaired) electrons. The molecule has 0 aliphatic rings. The molecular weight excluding hydrogens is 336 g/mol. The Labute approximate surface area is 148 Å². The number of carboxylic acids is 1. The second kappa shape index (κ2) is 6.07. The molecule has 0 aliphatic carbocycles. The summed E-state index contributed by atoms with van der Waals surface area (Å²) in [5.41, 5.74) is 1.90. The molecule has 0 amide bonds. The van der Waals surface area contributed by atoms with Gasteiger partial charge in [0.25, 0.3) is 0 Å². The smallest absolute Gasteiger partial charge is 0.0715 e. The molecule has 4 nitrogen and oxygen atoms in total. The van der Waals surface area contributed by atoms with Crippen molar-refractivity contribution >= 4 is 50.5 Å². The summed E-state index contributed by atoms with van der Waals surface area (Å²) in [6, 6.07) is 16.2. The molecule has 0 atom stereocenters. The van der Waals surface area contributed by atoms with Crippen LogP contribution in [0.5, 0.6) is 0 Å². The van der Waals surface area contributed by atoms with E-state index in [4.69, 9.17) is 11.6 Å². The first kappa shape index (κ1) is 15.4. The van der Waals surface area contributed by atoms with E-state index in [1.807, 2.05) is 36.4 Å². The molecule has 0 bridgehead atoms. The minimum Gasteiger partial charge on any atom is -0.545 e. The summed E-state index contributed by atoms with van der Waals surface area (Å²) in [6.07, 6.45) is 3.51. The Morgan fingerprint density at radius 2 is 1.76 bits per heavy atom. The lowest BCUT2D eigenvalue weighted by molar-refractivity contribution is -0.255. The highest BCUT2D eigenvalue weighted by molar-refractivity contribution is 6.30. The second-order valence-electron chi connectivity index (χ2n) is 5.70. The third-order valence-corrected chi connectivity index (χ3v) is 4.36. The van der Waals surface area contributed by atoms with Crippen LogP contribution < -0.4 is 10.4 Å². The van der Waals surface area contributed by atoms with E-state index >= 15 is 0 Å². The maximum atomic E-state index is 11.2.